The molecule has 3 heterocycles. The SMILES string of the molecule is COC(C)(C)C(F)CNC(=O)c1cnc(-n2ccc3cc(C#N)cnc32)cc1NC(C)C. The molecule has 1 unspecified atom stereocenters. The Balaban J connectivity index is 1.91. The molecule has 0 aromatic carbocycles. The Morgan fingerprint density at radius 1 is 1.31 bits per heavy atom. The fraction of sp³-hybridized carbons (Fsp3) is 0.391. The lowest BCUT2D eigenvalue weighted by atomic mass is 10.0. The number of rotatable bonds is 8. The maximum atomic E-state index is 14.4. The third kappa shape index (κ3) is 4.86. The highest BCUT2D eigenvalue weighted by atomic mass is 19.1. The van der Waals surface area contributed by atoms with E-state index < -0.39 is 17.7 Å². The van der Waals surface area contributed by atoms with E-state index in [2.05, 4.69) is 26.7 Å². The molecule has 168 valence electrons. The first kappa shape index (κ1) is 23.2. The molecule has 0 bridgehead atoms. The lowest BCUT2D eigenvalue weighted by molar-refractivity contribution is -0.0404. The van der Waals surface area contributed by atoms with Crippen LogP contribution in [0.15, 0.2) is 36.8 Å². The van der Waals surface area contributed by atoms with Crippen LogP contribution >= 0.6 is 0 Å². The number of nitrogens with zero attached hydrogens (tertiary/aromatic N) is 4. The van der Waals surface area contributed by atoms with E-state index in [0.29, 0.717) is 28.3 Å². The van der Waals surface area contributed by atoms with E-state index in [1.165, 1.54) is 19.5 Å². The number of anilines is 1. The fourth-order valence-electron chi connectivity index (χ4n) is 3.11. The van der Waals surface area contributed by atoms with Gasteiger partial charge < -0.3 is 15.4 Å². The van der Waals surface area contributed by atoms with Gasteiger partial charge in [0.2, 0.25) is 0 Å². The second kappa shape index (κ2) is 9.32. The lowest BCUT2D eigenvalue weighted by Gasteiger charge is -2.27. The van der Waals surface area contributed by atoms with Crippen molar-refractivity contribution in [2.45, 2.75) is 45.5 Å². The number of carbonyl (C=O) groups is 1. The predicted molar refractivity (Wildman–Crippen MR) is 121 cm³/mol. The zero-order valence-electron chi connectivity index (χ0n) is 18.8. The van der Waals surface area contributed by atoms with E-state index in [-0.39, 0.29) is 12.6 Å². The van der Waals surface area contributed by atoms with Gasteiger partial charge >= 0.3 is 0 Å². The minimum Gasteiger partial charge on any atom is -0.382 e. The summed E-state index contributed by atoms with van der Waals surface area (Å²) in [6.07, 6.45) is 3.39. The number of pyridine rings is 2. The second-order valence-corrected chi connectivity index (χ2v) is 8.31. The minimum atomic E-state index is -1.37. The van der Waals surface area contributed by atoms with Crippen LogP contribution in [0.5, 0.6) is 0 Å². The second-order valence-electron chi connectivity index (χ2n) is 8.31. The zero-order valence-corrected chi connectivity index (χ0v) is 18.8. The Hall–Kier alpha value is -3.51. The molecule has 3 rings (SSSR count). The van der Waals surface area contributed by atoms with Crippen molar-refractivity contribution >= 4 is 22.6 Å². The van der Waals surface area contributed by atoms with Crippen LogP contribution in [0.2, 0.25) is 0 Å². The Kier molecular flexibility index (Phi) is 6.75. The highest BCUT2D eigenvalue weighted by Gasteiger charge is 2.30. The van der Waals surface area contributed by atoms with Gasteiger partial charge in [0.15, 0.2) is 0 Å². The molecule has 32 heavy (non-hydrogen) atoms. The van der Waals surface area contributed by atoms with Crippen LogP contribution in [0, 0.1) is 11.3 Å². The van der Waals surface area contributed by atoms with Crippen LogP contribution < -0.4 is 10.6 Å². The molecule has 0 spiro atoms. The van der Waals surface area contributed by atoms with Crippen LogP contribution in [0.25, 0.3) is 16.9 Å². The number of methoxy groups -OCH3 is 1. The zero-order chi connectivity index (χ0) is 23.5. The van der Waals surface area contributed by atoms with Gasteiger partial charge in [-0.3, -0.25) is 9.36 Å². The van der Waals surface area contributed by atoms with Crippen LogP contribution in [-0.2, 0) is 4.74 Å². The number of nitrogens with one attached hydrogen (secondary N) is 2. The Morgan fingerprint density at radius 2 is 2.06 bits per heavy atom. The smallest absolute Gasteiger partial charge is 0.255 e. The van der Waals surface area contributed by atoms with Gasteiger partial charge in [-0.25, -0.2) is 14.4 Å². The summed E-state index contributed by atoms with van der Waals surface area (Å²) in [6.45, 7) is 6.98. The predicted octanol–water partition coefficient (Wildman–Crippen LogP) is 3.61. The molecule has 0 radical (unpaired) electrons. The summed E-state index contributed by atoms with van der Waals surface area (Å²) in [5.74, 6) is 0.122. The van der Waals surface area contributed by atoms with Gasteiger partial charge in [0, 0.05) is 43.2 Å². The first-order valence-corrected chi connectivity index (χ1v) is 10.3. The number of nitriles is 1. The number of ether oxygens (including phenoxy) is 1. The van der Waals surface area contributed by atoms with Crippen molar-refractivity contribution in [3.05, 3.63) is 47.9 Å². The molecule has 3 aromatic rings. The number of aromatic nitrogens is 3. The molecule has 0 saturated carbocycles. The molecular formula is C23H27FN6O2. The van der Waals surface area contributed by atoms with E-state index in [9.17, 15) is 9.18 Å². The fourth-order valence-corrected chi connectivity index (χ4v) is 3.11. The van der Waals surface area contributed by atoms with Crippen molar-refractivity contribution in [3.8, 4) is 11.9 Å². The Bertz CT molecular complexity index is 1160. The topological polar surface area (TPSA) is 105 Å². The third-order valence-electron chi connectivity index (χ3n) is 5.20. The van der Waals surface area contributed by atoms with Gasteiger partial charge in [-0.05, 0) is 39.8 Å². The van der Waals surface area contributed by atoms with Crippen LogP contribution in [0.4, 0.5) is 10.1 Å². The molecule has 0 saturated heterocycles. The molecule has 0 aliphatic carbocycles. The number of alkyl halides is 1. The Morgan fingerprint density at radius 3 is 2.72 bits per heavy atom. The van der Waals surface area contributed by atoms with Crippen molar-refractivity contribution in [1.29, 1.82) is 5.26 Å². The van der Waals surface area contributed by atoms with Gasteiger partial charge in [-0.2, -0.15) is 5.26 Å². The molecule has 1 atom stereocenters. The summed E-state index contributed by atoms with van der Waals surface area (Å²) in [5, 5.41) is 15.8. The van der Waals surface area contributed by atoms with Gasteiger partial charge in [-0.1, -0.05) is 0 Å². The lowest BCUT2D eigenvalue weighted by Crippen LogP contribution is -2.43. The maximum absolute atomic E-state index is 14.4. The largest absolute Gasteiger partial charge is 0.382 e. The van der Waals surface area contributed by atoms with Crippen molar-refractivity contribution in [2.24, 2.45) is 0 Å². The number of halogens is 1. The van der Waals surface area contributed by atoms with Crippen molar-refractivity contribution < 1.29 is 13.9 Å². The first-order chi connectivity index (χ1) is 15.2. The van der Waals surface area contributed by atoms with Crippen molar-refractivity contribution in [3.63, 3.8) is 0 Å². The van der Waals surface area contributed by atoms with E-state index in [4.69, 9.17) is 10.00 Å². The molecule has 0 fully saturated rings. The normalized spacial score (nSPS) is 12.6. The molecule has 0 aliphatic rings. The molecular weight excluding hydrogens is 411 g/mol. The standard InChI is InChI=1S/C23H27FN6O2/c1-14(2)29-18-9-20(30-7-6-16-8-15(10-25)11-27-21(16)30)26-12-17(18)22(31)28-13-19(24)23(3,4)32-5/h6-9,11-12,14,19H,13H2,1-5H3,(H,26,29)(H,28,31). The summed E-state index contributed by atoms with van der Waals surface area (Å²) in [6, 6.07) is 7.48. The number of amides is 1. The summed E-state index contributed by atoms with van der Waals surface area (Å²) >= 11 is 0. The molecule has 3 aromatic heterocycles. The average Bonchev–Trinajstić information content (AvgIpc) is 3.19. The van der Waals surface area contributed by atoms with Crippen LogP contribution in [-0.4, -0.2) is 51.9 Å². The van der Waals surface area contributed by atoms with Crippen LogP contribution in [0.1, 0.15) is 43.6 Å². The van der Waals surface area contributed by atoms with Crippen molar-refractivity contribution in [2.75, 3.05) is 19.0 Å². The summed E-state index contributed by atoms with van der Waals surface area (Å²) in [7, 11) is 1.43. The first-order valence-electron chi connectivity index (χ1n) is 10.3. The van der Waals surface area contributed by atoms with Gasteiger partial charge in [0.1, 0.15) is 23.7 Å². The molecule has 1 amide bonds. The molecule has 8 nitrogen and oxygen atoms in total. The maximum Gasteiger partial charge on any atom is 0.255 e. The number of hydrogen-bond acceptors (Lipinski definition) is 6. The van der Waals surface area contributed by atoms with E-state index in [1.807, 2.05) is 19.9 Å². The number of fused-ring (bicyclic) bond motifs is 1. The summed E-state index contributed by atoms with van der Waals surface area (Å²) in [4.78, 5) is 21.6. The van der Waals surface area contributed by atoms with Crippen molar-refractivity contribution in [1.82, 2.24) is 19.9 Å². The summed E-state index contributed by atoms with van der Waals surface area (Å²) in [5.41, 5.74) is 0.981. The van der Waals surface area contributed by atoms with Gasteiger partial charge in [-0.15, -0.1) is 0 Å². The molecule has 9 heteroatoms. The highest BCUT2D eigenvalue weighted by Crippen LogP contribution is 2.24. The minimum absolute atomic E-state index is 0.0517. The number of hydrogen-bond donors (Lipinski definition) is 2. The Labute approximate surface area is 186 Å². The van der Waals surface area contributed by atoms with Crippen LogP contribution in [0.3, 0.4) is 0 Å². The van der Waals surface area contributed by atoms with Gasteiger partial charge in [0.25, 0.3) is 5.91 Å². The van der Waals surface area contributed by atoms with Gasteiger partial charge in [0.05, 0.1) is 29.0 Å². The van der Waals surface area contributed by atoms with E-state index in [0.717, 1.165) is 5.39 Å². The average molecular weight is 439 g/mol. The number of carbonyl (C=O) groups excluding carboxylic acids is 1. The summed E-state index contributed by atoms with van der Waals surface area (Å²) < 4.78 is 21.3. The molecule has 2 N–H and O–H groups in total. The van der Waals surface area contributed by atoms with E-state index >= 15 is 0 Å². The third-order valence-corrected chi connectivity index (χ3v) is 5.20. The monoisotopic (exact) mass is 438 g/mol. The quantitative estimate of drug-likeness (QED) is 0.557. The highest BCUT2D eigenvalue weighted by molar-refractivity contribution is 5.99. The molecule has 0 aliphatic heterocycles. The van der Waals surface area contributed by atoms with E-state index in [1.54, 1.807) is 36.7 Å².